The quantitative estimate of drug-likeness (QED) is 0.843. The number of ether oxygens (including phenoxy) is 1. The number of halogens is 1. The molecular formula is C13H16FNO3. The van der Waals surface area contributed by atoms with E-state index in [4.69, 9.17) is 9.84 Å². The van der Waals surface area contributed by atoms with Gasteiger partial charge in [0.15, 0.2) is 0 Å². The van der Waals surface area contributed by atoms with Gasteiger partial charge in [0.25, 0.3) is 0 Å². The maximum absolute atomic E-state index is 13.6. The third-order valence-electron chi connectivity index (χ3n) is 2.99. The van der Waals surface area contributed by atoms with Gasteiger partial charge in [0.2, 0.25) is 0 Å². The van der Waals surface area contributed by atoms with Gasteiger partial charge in [-0.3, -0.25) is 4.79 Å². The van der Waals surface area contributed by atoms with E-state index in [0.29, 0.717) is 12.2 Å². The predicted octanol–water partition coefficient (Wildman–Crippen LogP) is 2.04. The highest BCUT2D eigenvalue weighted by Crippen LogP contribution is 2.21. The second-order valence-electron chi connectivity index (χ2n) is 4.35. The molecule has 1 unspecified atom stereocenters. The number of carboxylic acids is 1. The summed E-state index contributed by atoms with van der Waals surface area (Å²) in [5.74, 6) is -1.53. The van der Waals surface area contributed by atoms with Gasteiger partial charge in [-0.25, -0.2) is 4.39 Å². The molecule has 5 heteroatoms. The van der Waals surface area contributed by atoms with Crippen LogP contribution < -0.4 is 5.32 Å². The number of rotatable bonds is 5. The Hall–Kier alpha value is -1.62. The minimum Gasteiger partial charge on any atom is -0.481 e. The van der Waals surface area contributed by atoms with Gasteiger partial charge < -0.3 is 15.2 Å². The molecule has 1 fully saturated rings. The van der Waals surface area contributed by atoms with Crippen LogP contribution in [0.4, 0.5) is 10.1 Å². The summed E-state index contributed by atoms with van der Waals surface area (Å²) >= 11 is 0. The summed E-state index contributed by atoms with van der Waals surface area (Å²) in [6.07, 6.45) is 1.83. The van der Waals surface area contributed by atoms with E-state index in [0.717, 1.165) is 19.4 Å². The first kappa shape index (κ1) is 12.8. The average molecular weight is 253 g/mol. The summed E-state index contributed by atoms with van der Waals surface area (Å²) < 4.78 is 19.0. The smallest absolute Gasteiger partial charge is 0.308 e. The summed E-state index contributed by atoms with van der Waals surface area (Å²) in [5.41, 5.74) is 0.732. The highest BCUT2D eigenvalue weighted by Gasteiger charge is 2.17. The Bertz CT molecular complexity index is 430. The van der Waals surface area contributed by atoms with Gasteiger partial charge in [0.05, 0.1) is 12.5 Å². The maximum atomic E-state index is 13.6. The molecule has 1 aliphatic rings. The number of anilines is 1. The molecule has 2 rings (SSSR count). The minimum absolute atomic E-state index is 0.131. The van der Waals surface area contributed by atoms with Crippen molar-refractivity contribution in [1.82, 2.24) is 0 Å². The van der Waals surface area contributed by atoms with Crippen LogP contribution in [0.2, 0.25) is 0 Å². The Morgan fingerprint density at radius 1 is 1.56 bits per heavy atom. The minimum atomic E-state index is -1.04. The second-order valence-corrected chi connectivity index (χ2v) is 4.35. The molecule has 18 heavy (non-hydrogen) atoms. The van der Waals surface area contributed by atoms with E-state index >= 15 is 0 Å². The number of nitrogens with one attached hydrogen (secondary N) is 1. The van der Waals surface area contributed by atoms with Crippen molar-refractivity contribution in [2.75, 3.05) is 18.5 Å². The molecule has 0 saturated carbocycles. The molecule has 1 heterocycles. The lowest BCUT2D eigenvalue weighted by molar-refractivity contribution is -0.136. The summed E-state index contributed by atoms with van der Waals surface area (Å²) in [7, 11) is 0. The highest BCUT2D eigenvalue weighted by molar-refractivity contribution is 5.73. The molecule has 1 aliphatic heterocycles. The maximum Gasteiger partial charge on any atom is 0.308 e. The monoisotopic (exact) mass is 253 g/mol. The van der Waals surface area contributed by atoms with Crippen LogP contribution in [0.25, 0.3) is 0 Å². The van der Waals surface area contributed by atoms with Crippen molar-refractivity contribution in [2.24, 2.45) is 0 Å². The fraction of sp³-hybridized carbons (Fsp3) is 0.462. The van der Waals surface area contributed by atoms with Crippen LogP contribution in [0.5, 0.6) is 0 Å². The molecular weight excluding hydrogens is 237 g/mol. The highest BCUT2D eigenvalue weighted by atomic mass is 19.1. The standard InChI is InChI=1S/C13H16FNO3/c14-11-4-1-5-12(10(11)7-13(16)17)15-8-9-3-2-6-18-9/h1,4-5,9,15H,2-3,6-8H2,(H,16,17). The van der Waals surface area contributed by atoms with Crippen molar-refractivity contribution in [3.63, 3.8) is 0 Å². The number of hydrogen-bond acceptors (Lipinski definition) is 3. The van der Waals surface area contributed by atoms with Gasteiger partial charge in [-0.1, -0.05) is 6.07 Å². The molecule has 1 aromatic carbocycles. The predicted molar refractivity (Wildman–Crippen MR) is 65.2 cm³/mol. The zero-order valence-corrected chi connectivity index (χ0v) is 9.99. The lowest BCUT2D eigenvalue weighted by Crippen LogP contribution is -2.19. The number of hydrogen-bond donors (Lipinski definition) is 2. The van der Waals surface area contributed by atoms with Gasteiger partial charge in [0, 0.05) is 24.4 Å². The van der Waals surface area contributed by atoms with Crippen LogP contribution in [0.1, 0.15) is 18.4 Å². The summed E-state index contributed by atoms with van der Waals surface area (Å²) in [5, 5.41) is 11.8. The summed E-state index contributed by atoms with van der Waals surface area (Å²) in [6.45, 7) is 1.34. The van der Waals surface area contributed by atoms with Crippen molar-refractivity contribution >= 4 is 11.7 Å². The van der Waals surface area contributed by atoms with Crippen LogP contribution in [-0.4, -0.2) is 30.3 Å². The lowest BCUT2D eigenvalue weighted by atomic mass is 10.1. The molecule has 0 bridgehead atoms. The van der Waals surface area contributed by atoms with Crippen molar-refractivity contribution in [3.05, 3.63) is 29.6 Å². The van der Waals surface area contributed by atoms with Crippen LogP contribution in [-0.2, 0) is 16.0 Å². The Morgan fingerprint density at radius 2 is 2.39 bits per heavy atom. The molecule has 0 spiro atoms. The van der Waals surface area contributed by atoms with Crippen LogP contribution in [0.3, 0.4) is 0 Å². The molecule has 0 amide bonds. The van der Waals surface area contributed by atoms with E-state index in [9.17, 15) is 9.18 Å². The van der Waals surface area contributed by atoms with Crippen LogP contribution in [0.15, 0.2) is 18.2 Å². The molecule has 4 nitrogen and oxygen atoms in total. The third-order valence-corrected chi connectivity index (χ3v) is 2.99. The van der Waals surface area contributed by atoms with E-state index in [1.165, 1.54) is 6.07 Å². The van der Waals surface area contributed by atoms with E-state index < -0.39 is 11.8 Å². The van der Waals surface area contributed by atoms with Crippen molar-refractivity contribution in [1.29, 1.82) is 0 Å². The zero-order chi connectivity index (χ0) is 13.0. The summed E-state index contributed by atoms with van der Waals surface area (Å²) in [6, 6.07) is 4.53. The van der Waals surface area contributed by atoms with Gasteiger partial charge in [0.1, 0.15) is 5.82 Å². The number of carboxylic acid groups (broad SMARTS) is 1. The van der Waals surface area contributed by atoms with E-state index in [1.807, 2.05) is 0 Å². The molecule has 1 aromatic rings. The van der Waals surface area contributed by atoms with E-state index in [2.05, 4.69) is 5.32 Å². The molecule has 2 N–H and O–H groups in total. The SMILES string of the molecule is O=C(O)Cc1c(F)cccc1NCC1CCCO1. The van der Waals surface area contributed by atoms with Crippen LogP contribution >= 0.6 is 0 Å². The normalized spacial score (nSPS) is 18.8. The fourth-order valence-electron chi connectivity index (χ4n) is 2.08. The largest absolute Gasteiger partial charge is 0.481 e. The molecule has 1 atom stereocenters. The molecule has 98 valence electrons. The van der Waals surface area contributed by atoms with E-state index in [-0.39, 0.29) is 18.1 Å². The zero-order valence-electron chi connectivity index (χ0n) is 9.99. The molecule has 1 saturated heterocycles. The Labute approximate surface area is 105 Å². The number of carbonyl (C=O) groups is 1. The van der Waals surface area contributed by atoms with Gasteiger partial charge in [-0.05, 0) is 25.0 Å². The van der Waals surface area contributed by atoms with E-state index in [1.54, 1.807) is 12.1 Å². The van der Waals surface area contributed by atoms with Crippen molar-refractivity contribution in [2.45, 2.75) is 25.4 Å². The topological polar surface area (TPSA) is 58.6 Å². The Kier molecular flexibility index (Phi) is 4.15. The van der Waals surface area contributed by atoms with Gasteiger partial charge in [-0.2, -0.15) is 0 Å². The first-order chi connectivity index (χ1) is 8.66. The van der Waals surface area contributed by atoms with Gasteiger partial charge in [-0.15, -0.1) is 0 Å². The molecule has 0 aliphatic carbocycles. The van der Waals surface area contributed by atoms with Gasteiger partial charge >= 0.3 is 5.97 Å². The van der Waals surface area contributed by atoms with Crippen molar-refractivity contribution in [3.8, 4) is 0 Å². The molecule has 0 aromatic heterocycles. The molecule has 0 radical (unpaired) electrons. The summed E-state index contributed by atoms with van der Waals surface area (Å²) in [4.78, 5) is 10.7. The number of aliphatic carboxylic acids is 1. The lowest BCUT2D eigenvalue weighted by Gasteiger charge is -2.15. The third kappa shape index (κ3) is 3.20. The Balaban J connectivity index is 2.05. The Morgan fingerprint density at radius 3 is 3.06 bits per heavy atom. The van der Waals surface area contributed by atoms with Crippen molar-refractivity contribution < 1.29 is 19.0 Å². The second kappa shape index (κ2) is 5.82. The first-order valence-electron chi connectivity index (χ1n) is 6.01. The fourth-order valence-corrected chi connectivity index (χ4v) is 2.08. The average Bonchev–Trinajstić information content (AvgIpc) is 2.82. The van der Waals surface area contributed by atoms with Crippen LogP contribution in [0, 0.1) is 5.82 Å². The first-order valence-corrected chi connectivity index (χ1v) is 6.01. The number of benzene rings is 1.